The summed E-state index contributed by atoms with van der Waals surface area (Å²) in [6.07, 6.45) is -0.564. The lowest BCUT2D eigenvalue weighted by atomic mass is 10.0. The SMILES string of the molecule is CO[C@H](/C=C/C(=O)O)[C@H](OC(=O)Nc1ccc(C(C)=O)cc1)c1cccc(OCCO)c1. The fourth-order valence-electron chi connectivity index (χ4n) is 2.80. The average Bonchev–Trinajstić information content (AvgIpc) is 2.77. The van der Waals surface area contributed by atoms with E-state index in [1.54, 1.807) is 48.5 Å². The van der Waals surface area contributed by atoms with E-state index in [2.05, 4.69) is 5.32 Å². The zero-order chi connectivity index (χ0) is 23.5. The largest absolute Gasteiger partial charge is 0.491 e. The molecule has 2 atom stereocenters. The van der Waals surface area contributed by atoms with Gasteiger partial charge in [0.25, 0.3) is 0 Å². The Labute approximate surface area is 185 Å². The molecule has 1 amide bonds. The third-order valence-electron chi connectivity index (χ3n) is 4.32. The fraction of sp³-hybridized carbons (Fsp3) is 0.261. The first-order valence-electron chi connectivity index (χ1n) is 9.70. The summed E-state index contributed by atoms with van der Waals surface area (Å²) in [5, 5.41) is 20.5. The van der Waals surface area contributed by atoms with Gasteiger partial charge in [-0.25, -0.2) is 9.59 Å². The van der Waals surface area contributed by atoms with Crippen LogP contribution in [0.1, 0.15) is 28.9 Å². The van der Waals surface area contributed by atoms with Gasteiger partial charge >= 0.3 is 12.1 Å². The van der Waals surface area contributed by atoms with Gasteiger partial charge in [-0.1, -0.05) is 12.1 Å². The molecular formula is C23H25NO8. The number of ketones is 1. The summed E-state index contributed by atoms with van der Waals surface area (Å²) in [7, 11) is 1.36. The number of amides is 1. The summed E-state index contributed by atoms with van der Waals surface area (Å²) in [6, 6.07) is 12.9. The van der Waals surface area contributed by atoms with Crippen LogP contribution in [0, 0.1) is 0 Å². The number of anilines is 1. The number of carboxylic acid groups (broad SMARTS) is 1. The number of aliphatic carboxylic acids is 1. The number of hydrogen-bond acceptors (Lipinski definition) is 7. The van der Waals surface area contributed by atoms with E-state index < -0.39 is 24.3 Å². The molecule has 0 aliphatic heterocycles. The molecule has 9 nitrogen and oxygen atoms in total. The van der Waals surface area contributed by atoms with Crippen LogP contribution in [0.4, 0.5) is 10.5 Å². The van der Waals surface area contributed by atoms with Crippen LogP contribution in [0.5, 0.6) is 5.75 Å². The van der Waals surface area contributed by atoms with Gasteiger partial charge in [0.05, 0.1) is 6.61 Å². The second kappa shape index (κ2) is 12.2. The summed E-state index contributed by atoms with van der Waals surface area (Å²) in [5.74, 6) is -0.848. The molecule has 0 fully saturated rings. The van der Waals surface area contributed by atoms with Gasteiger partial charge in [-0.2, -0.15) is 0 Å². The molecule has 0 spiro atoms. The van der Waals surface area contributed by atoms with Gasteiger partial charge in [0.15, 0.2) is 11.9 Å². The molecule has 2 aromatic rings. The van der Waals surface area contributed by atoms with Gasteiger partial charge in [0.1, 0.15) is 18.5 Å². The summed E-state index contributed by atoms with van der Waals surface area (Å²) >= 11 is 0. The van der Waals surface area contributed by atoms with Crippen molar-refractivity contribution in [3.05, 3.63) is 71.8 Å². The summed E-state index contributed by atoms with van der Waals surface area (Å²) < 4.78 is 16.3. The van der Waals surface area contributed by atoms with Crippen LogP contribution >= 0.6 is 0 Å². The zero-order valence-corrected chi connectivity index (χ0v) is 17.7. The van der Waals surface area contributed by atoms with Gasteiger partial charge in [-0.15, -0.1) is 0 Å². The molecule has 0 aliphatic rings. The van der Waals surface area contributed by atoms with Crippen LogP contribution in [-0.2, 0) is 14.3 Å². The van der Waals surface area contributed by atoms with Crippen molar-refractivity contribution in [2.45, 2.75) is 19.1 Å². The summed E-state index contributed by atoms with van der Waals surface area (Å²) in [5.41, 5.74) is 1.40. The molecule has 3 N–H and O–H groups in total. The van der Waals surface area contributed by atoms with Gasteiger partial charge in [0, 0.05) is 24.4 Å². The molecule has 32 heavy (non-hydrogen) atoms. The standard InChI is InChI=1S/C23H25NO8/c1-15(26)16-6-8-18(9-7-16)24-23(29)32-22(20(30-2)10-11-21(27)28)17-4-3-5-19(14-17)31-13-12-25/h3-11,14,20,22,25H,12-13H2,1-2H3,(H,24,29)(H,27,28)/b11-10+/t20-,22-/m1/s1. The second-order valence-electron chi connectivity index (χ2n) is 6.63. The molecular weight excluding hydrogens is 418 g/mol. The third kappa shape index (κ3) is 7.53. The van der Waals surface area contributed by atoms with E-state index in [0.29, 0.717) is 22.6 Å². The van der Waals surface area contributed by atoms with Crippen LogP contribution in [0.2, 0.25) is 0 Å². The maximum Gasteiger partial charge on any atom is 0.412 e. The second-order valence-corrected chi connectivity index (χ2v) is 6.63. The van der Waals surface area contributed by atoms with Crippen molar-refractivity contribution in [1.29, 1.82) is 0 Å². The van der Waals surface area contributed by atoms with Crippen LogP contribution < -0.4 is 10.1 Å². The number of carbonyl (C=O) groups excluding carboxylic acids is 2. The van der Waals surface area contributed by atoms with E-state index in [4.69, 9.17) is 24.4 Å². The number of methoxy groups -OCH3 is 1. The van der Waals surface area contributed by atoms with Crippen LogP contribution in [0.3, 0.4) is 0 Å². The van der Waals surface area contributed by atoms with Crippen molar-refractivity contribution in [3.8, 4) is 5.75 Å². The Morgan fingerprint density at radius 3 is 2.44 bits per heavy atom. The maximum atomic E-state index is 12.6. The van der Waals surface area contributed by atoms with E-state index >= 15 is 0 Å². The lowest BCUT2D eigenvalue weighted by molar-refractivity contribution is -0.131. The highest BCUT2D eigenvalue weighted by molar-refractivity contribution is 5.95. The molecule has 2 rings (SSSR count). The van der Waals surface area contributed by atoms with Crippen molar-refractivity contribution in [3.63, 3.8) is 0 Å². The monoisotopic (exact) mass is 443 g/mol. The minimum Gasteiger partial charge on any atom is -0.491 e. The average molecular weight is 443 g/mol. The van der Waals surface area contributed by atoms with Crippen molar-refractivity contribution >= 4 is 23.5 Å². The highest BCUT2D eigenvalue weighted by Gasteiger charge is 2.26. The molecule has 0 unspecified atom stereocenters. The lowest BCUT2D eigenvalue weighted by Crippen LogP contribution is -2.27. The Kier molecular flexibility index (Phi) is 9.40. The third-order valence-corrected chi connectivity index (χ3v) is 4.32. The van der Waals surface area contributed by atoms with E-state index in [1.165, 1.54) is 20.1 Å². The van der Waals surface area contributed by atoms with E-state index in [0.717, 1.165) is 6.08 Å². The number of ether oxygens (including phenoxy) is 3. The first kappa shape index (κ1) is 24.6. The number of rotatable bonds is 11. The normalized spacial score (nSPS) is 12.7. The van der Waals surface area contributed by atoms with E-state index in [9.17, 15) is 14.4 Å². The van der Waals surface area contributed by atoms with Gasteiger partial charge in [-0.05, 0) is 55.0 Å². The summed E-state index contributed by atoms with van der Waals surface area (Å²) in [6.45, 7) is 1.35. The number of hydrogen-bond donors (Lipinski definition) is 3. The van der Waals surface area contributed by atoms with Crippen molar-refractivity contribution in [2.75, 3.05) is 25.6 Å². The topological polar surface area (TPSA) is 131 Å². The first-order valence-corrected chi connectivity index (χ1v) is 9.70. The maximum absolute atomic E-state index is 12.6. The number of carbonyl (C=O) groups is 3. The predicted molar refractivity (Wildman–Crippen MR) is 116 cm³/mol. The molecule has 0 radical (unpaired) electrons. The van der Waals surface area contributed by atoms with Gasteiger partial charge in [0.2, 0.25) is 0 Å². The van der Waals surface area contributed by atoms with Gasteiger partial charge < -0.3 is 24.4 Å². The Balaban J connectivity index is 2.26. The highest BCUT2D eigenvalue weighted by Crippen LogP contribution is 2.28. The van der Waals surface area contributed by atoms with E-state index in [-0.39, 0.29) is 19.0 Å². The van der Waals surface area contributed by atoms with Crippen LogP contribution in [0.25, 0.3) is 0 Å². The van der Waals surface area contributed by atoms with Crippen molar-refractivity contribution < 1.29 is 38.8 Å². The minimum absolute atomic E-state index is 0.0817. The quantitative estimate of drug-likeness (QED) is 0.356. The molecule has 0 saturated carbocycles. The molecule has 0 bridgehead atoms. The Hall–Kier alpha value is -3.69. The smallest absolute Gasteiger partial charge is 0.412 e. The minimum atomic E-state index is -1.18. The van der Waals surface area contributed by atoms with Crippen molar-refractivity contribution in [2.24, 2.45) is 0 Å². The number of aliphatic hydroxyl groups is 1. The molecule has 9 heteroatoms. The number of Topliss-reactive ketones (excluding diaryl/α,β-unsaturated/α-hetero) is 1. The Morgan fingerprint density at radius 2 is 1.84 bits per heavy atom. The first-order chi connectivity index (χ1) is 15.3. The Bertz CT molecular complexity index is 955. The number of aliphatic hydroxyl groups excluding tert-OH is 1. The lowest BCUT2D eigenvalue weighted by Gasteiger charge is -2.24. The highest BCUT2D eigenvalue weighted by atomic mass is 16.6. The van der Waals surface area contributed by atoms with E-state index in [1.807, 2.05) is 0 Å². The molecule has 0 heterocycles. The predicted octanol–water partition coefficient (Wildman–Crippen LogP) is 3.21. The molecule has 0 aliphatic carbocycles. The number of nitrogens with one attached hydrogen (secondary N) is 1. The Morgan fingerprint density at radius 1 is 1.12 bits per heavy atom. The zero-order valence-electron chi connectivity index (χ0n) is 17.7. The summed E-state index contributed by atoms with van der Waals surface area (Å²) in [4.78, 5) is 34.9. The molecule has 0 saturated heterocycles. The van der Waals surface area contributed by atoms with Crippen molar-refractivity contribution in [1.82, 2.24) is 0 Å². The van der Waals surface area contributed by atoms with Crippen LogP contribution in [0.15, 0.2) is 60.7 Å². The molecule has 2 aromatic carbocycles. The van der Waals surface area contributed by atoms with Crippen LogP contribution in [-0.4, -0.2) is 54.5 Å². The number of carboxylic acids is 1. The van der Waals surface area contributed by atoms with Gasteiger partial charge in [-0.3, -0.25) is 10.1 Å². The molecule has 0 aromatic heterocycles. The fourth-order valence-corrected chi connectivity index (χ4v) is 2.80. The molecule has 170 valence electrons. The number of benzene rings is 2.